The first-order valence-electron chi connectivity index (χ1n) is 11.6. The number of anilines is 1. The van der Waals surface area contributed by atoms with Crippen molar-refractivity contribution < 1.29 is 18.9 Å². The maximum absolute atomic E-state index is 12.9. The highest BCUT2D eigenvalue weighted by Gasteiger charge is 2.28. The van der Waals surface area contributed by atoms with Crippen molar-refractivity contribution in [3.63, 3.8) is 0 Å². The van der Waals surface area contributed by atoms with Crippen LogP contribution in [0.5, 0.6) is 0 Å². The number of nitro groups is 1. The Morgan fingerprint density at radius 2 is 1.97 bits per heavy atom. The number of carbonyl (C=O) groups is 2. The number of carbonyl (C=O) groups excluding carboxylic acids is 2. The van der Waals surface area contributed by atoms with Crippen LogP contribution in [0.2, 0.25) is 0 Å². The molecule has 1 fully saturated rings. The van der Waals surface area contributed by atoms with E-state index in [0.29, 0.717) is 35.3 Å². The number of thiazole rings is 1. The highest BCUT2D eigenvalue weighted by atomic mass is 32.1. The number of piperidine rings is 1. The number of nitro benzene ring substituents is 1. The molecule has 0 unspecified atom stereocenters. The van der Waals surface area contributed by atoms with E-state index < -0.39 is 10.8 Å². The number of benzene rings is 2. The molecule has 12 heteroatoms. The van der Waals surface area contributed by atoms with Crippen molar-refractivity contribution in [2.24, 2.45) is 0 Å². The van der Waals surface area contributed by atoms with Crippen LogP contribution < -0.4 is 5.32 Å². The van der Waals surface area contributed by atoms with Gasteiger partial charge in [0.1, 0.15) is 11.3 Å². The zero-order chi connectivity index (χ0) is 25.5. The van der Waals surface area contributed by atoms with Crippen molar-refractivity contribution in [1.82, 2.24) is 20.1 Å². The molecule has 0 saturated carbocycles. The summed E-state index contributed by atoms with van der Waals surface area (Å²) in [5.74, 6) is 0.111. The fourth-order valence-corrected chi connectivity index (χ4v) is 5.51. The monoisotopic (exact) mass is 516 g/mol. The minimum Gasteiger partial charge on any atom is -0.451 e. The number of nitrogens with one attached hydrogen (secondary N) is 2. The van der Waals surface area contributed by atoms with Gasteiger partial charge in [-0.1, -0.05) is 18.2 Å². The zero-order valence-electron chi connectivity index (χ0n) is 19.3. The molecule has 2 aromatic carbocycles. The third-order valence-corrected chi connectivity index (χ3v) is 7.52. The molecular formula is C25H20N6O5S. The van der Waals surface area contributed by atoms with Crippen molar-refractivity contribution in [3.05, 3.63) is 80.5 Å². The fourth-order valence-electron chi connectivity index (χ4n) is 4.53. The van der Waals surface area contributed by atoms with E-state index in [1.807, 2.05) is 24.3 Å². The van der Waals surface area contributed by atoms with Crippen molar-refractivity contribution in [1.29, 1.82) is 0 Å². The number of likely N-dealkylation sites (tertiary alicyclic amines) is 1. The second-order valence-electron chi connectivity index (χ2n) is 8.80. The molecule has 11 nitrogen and oxygen atoms in total. The van der Waals surface area contributed by atoms with Gasteiger partial charge >= 0.3 is 0 Å². The number of non-ortho nitro benzene ring substituents is 1. The number of rotatable bonds is 5. The van der Waals surface area contributed by atoms with Crippen LogP contribution in [0.15, 0.2) is 58.3 Å². The number of amides is 2. The number of furan rings is 1. The van der Waals surface area contributed by atoms with Crippen molar-refractivity contribution in [2.75, 3.05) is 18.4 Å². The minimum atomic E-state index is -0.500. The summed E-state index contributed by atoms with van der Waals surface area (Å²) in [5, 5.41) is 24.5. The lowest BCUT2D eigenvalue weighted by Gasteiger charge is -2.30. The zero-order valence-corrected chi connectivity index (χ0v) is 20.2. The first-order chi connectivity index (χ1) is 18.0. The van der Waals surface area contributed by atoms with Crippen molar-refractivity contribution >= 4 is 56.5 Å². The first-order valence-corrected chi connectivity index (χ1v) is 12.5. The number of H-pyrrole nitrogens is 1. The Morgan fingerprint density at radius 3 is 2.76 bits per heavy atom. The average molecular weight is 517 g/mol. The van der Waals surface area contributed by atoms with Gasteiger partial charge in [-0.25, -0.2) is 4.98 Å². The lowest BCUT2D eigenvalue weighted by atomic mass is 9.97. The van der Waals surface area contributed by atoms with Crippen LogP contribution in [0.4, 0.5) is 11.5 Å². The average Bonchev–Trinajstić information content (AvgIpc) is 3.66. The summed E-state index contributed by atoms with van der Waals surface area (Å²) in [6.45, 7) is 1.14. The molecule has 37 heavy (non-hydrogen) atoms. The van der Waals surface area contributed by atoms with Gasteiger partial charge in [-0.05, 0) is 31.0 Å². The molecule has 1 aliphatic heterocycles. The quantitative estimate of drug-likeness (QED) is 0.248. The number of nitrogens with zero attached hydrogens (tertiary/aromatic N) is 4. The number of aromatic amines is 1. The Labute approximate surface area is 213 Å². The summed E-state index contributed by atoms with van der Waals surface area (Å²) < 4.78 is 5.73. The maximum atomic E-state index is 12.9. The normalized spacial score (nSPS) is 14.3. The molecular weight excluding hydrogens is 496 g/mol. The van der Waals surface area contributed by atoms with Gasteiger partial charge in [-0.2, -0.15) is 5.10 Å². The summed E-state index contributed by atoms with van der Waals surface area (Å²) in [5.41, 5.74) is 1.42. The van der Waals surface area contributed by atoms with E-state index in [1.54, 1.807) is 22.4 Å². The molecule has 6 rings (SSSR count). The molecule has 0 bridgehead atoms. The highest BCUT2D eigenvalue weighted by molar-refractivity contribution is 7.10. The lowest BCUT2D eigenvalue weighted by molar-refractivity contribution is -0.384. The number of hydrogen-bond donors (Lipinski definition) is 2. The van der Waals surface area contributed by atoms with Gasteiger partial charge in [0.2, 0.25) is 0 Å². The highest BCUT2D eigenvalue weighted by Crippen LogP contribution is 2.32. The number of aromatic nitrogens is 3. The third-order valence-electron chi connectivity index (χ3n) is 6.51. The molecule has 0 radical (unpaired) electrons. The van der Waals surface area contributed by atoms with Crippen LogP contribution in [0.1, 0.15) is 44.8 Å². The molecule has 4 heterocycles. The van der Waals surface area contributed by atoms with E-state index in [1.165, 1.54) is 23.5 Å². The maximum Gasteiger partial charge on any atom is 0.289 e. The van der Waals surface area contributed by atoms with Gasteiger partial charge in [0.15, 0.2) is 11.6 Å². The molecule has 186 valence electrons. The molecule has 2 N–H and O–H groups in total. The van der Waals surface area contributed by atoms with Crippen molar-refractivity contribution in [3.8, 4) is 0 Å². The van der Waals surface area contributed by atoms with E-state index in [9.17, 15) is 19.7 Å². The van der Waals surface area contributed by atoms with E-state index >= 15 is 0 Å². The van der Waals surface area contributed by atoms with Crippen LogP contribution in [0.3, 0.4) is 0 Å². The van der Waals surface area contributed by atoms with E-state index in [2.05, 4.69) is 20.5 Å². The van der Waals surface area contributed by atoms with Crippen LogP contribution in [0.25, 0.3) is 21.9 Å². The van der Waals surface area contributed by atoms with Crippen LogP contribution in [-0.4, -0.2) is 49.9 Å². The fraction of sp³-hybridized carbons (Fsp3) is 0.200. The van der Waals surface area contributed by atoms with Gasteiger partial charge in [0.25, 0.3) is 17.5 Å². The number of hydrogen-bond acceptors (Lipinski definition) is 8. The van der Waals surface area contributed by atoms with E-state index in [0.717, 1.165) is 23.2 Å². The molecule has 0 spiro atoms. The summed E-state index contributed by atoms with van der Waals surface area (Å²) in [6.07, 6.45) is 1.46. The molecule has 5 aromatic rings. The Hall–Kier alpha value is -4.58. The SMILES string of the molecule is O=C(Nc1n[nH]c2ccc([N+](=O)[O-])cc12)c1csc(C2CCN(C(=O)c3cc4ccccc4o3)CC2)n1. The predicted octanol–water partition coefficient (Wildman–Crippen LogP) is 4.95. The first kappa shape index (κ1) is 22.9. The number of para-hydroxylation sites is 1. The molecule has 0 atom stereocenters. The summed E-state index contributed by atoms with van der Waals surface area (Å²) in [7, 11) is 0. The topological polar surface area (TPSA) is 147 Å². The third kappa shape index (κ3) is 4.31. The van der Waals surface area contributed by atoms with Crippen LogP contribution >= 0.6 is 11.3 Å². The van der Waals surface area contributed by atoms with Gasteiger partial charge < -0.3 is 14.6 Å². The van der Waals surface area contributed by atoms with Gasteiger partial charge in [0.05, 0.1) is 20.8 Å². The molecule has 0 aliphatic carbocycles. The lowest BCUT2D eigenvalue weighted by Crippen LogP contribution is -2.37. The predicted molar refractivity (Wildman–Crippen MR) is 137 cm³/mol. The molecule has 1 saturated heterocycles. The van der Waals surface area contributed by atoms with E-state index in [-0.39, 0.29) is 29.0 Å². The standard InChI is InChI=1S/C25H20N6O5S/c32-23(27-22-17-12-16(31(34)35)5-6-18(17)28-29-22)19-13-37-24(26-19)14-7-9-30(10-8-14)25(33)21-11-15-3-1-2-4-20(15)36-21/h1-6,11-14H,7-10H2,(H2,27,28,29,32). The largest absolute Gasteiger partial charge is 0.451 e. The Kier molecular flexibility index (Phi) is 5.64. The van der Waals surface area contributed by atoms with Gasteiger partial charge in [-0.3, -0.25) is 24.8 Å². The van der Waals surface area contributed by atoms with Crippen LogP contribution in [0, 0.1) is 10.1 Å². The molecule has 2 amide bonds. The van der Waals surface area contributed by atoms with Crippen LogP contribution in [-0.2, 0) is 0 Å². The molecule has 1 aliphatic rings. The van der Waals surface area contributed by atoms with E-state index in [4.69, 9.17) is 4.42 Å². The van der Waals surface area contributed by atoms with Gasteiger partial charge in [0, 0.05) is 41.9 Å². The minimum absolute atomic E-state index is 0.0921. The summed E-state index contributed by atoms with van der Waals surface area (Å²) in [4.78, 5) is 42.7. The number of fused-ring (bicyclic) bond motifs is 2. The second kappa shape index (κ2) is 9.13. The Balaban J connectivity index is 1.10. The van der Waals surface area contributed by atoms with Crippen molar-refractivity contribution in [2.45, 2.75) is 18.8 Å². The summed E-state index contributed by atoms with van der Waals surface area (Å²) >= 11 is 1.40. The van der Waals surface area contributed by atoms with Gasteiger partial charge in [-0.15, -0.1) is 11.3 Å². The Bertz CT molecular complexity index is 1630. The Morgan fingerprint density at radius 1 is 1.16 bits per heavy atom. The smallest absolute Gasteiger partial charge is 0.289 e. The second-order valence-corrected chi connectivity index (χ2v) is 9.69. The molecule has 3 aromatic heterocycles. The summed E-state index contributed by atoms with van der Waals surface area (Å²) in [6, 6.07) is 13.6.